The fourth-order valence-electron chi connectivity index (χ4n) is 3.41. The summed E-state index contributed by atoms with van der Waals surface area (Å²) in [5, 5.41) is 1.32. The maximum atomic E-state index is 13.1. The van der Waals surface area contributed by atoms with Gasteiger partial charge in [0.25, 0.3) is 5.91 Å². The molecular weight excluding hydrogens is 362 g/mol. The van der Waals surface area contributed by atoms with Crippen LogP contribution in [-0.2, 0) is 4.79 Å². The first-order chi connectivity index (χ1) is 13.0. The van der Waals surface area contributed by atoms with Gasteiger partial charge in [0.2, 0.25) is 5.91 Å². The lowest BCUT2D eigenvalue weighted by Crippen LogP contribution is -2.52. The first kappa shape index (κ1) is 17.5. The molecule has 136 valence electrons. The molecule has 1 fully saturated rings. The van der Waals surface area contributed by atoms with Crippen molar-refractivity contribution in [3.8, 4) is 0 Å². The summed E-state index contributed by atoms with van der Waals surface area (Å²) in [5.41, 5.74) is 2.83. The summed E-state index contributed by atoms with van der Waals surface area (Å²) in [7, 11) is 0. The number of para-hydroxylation sites is 1. The fourth-order valence-corrected chi connectivity index (χ4v) is 3.58. The van der Waals surface area contributed by atoms with Gasteiger partial charge in [-0.15, -0.1) is 0 Å². The van der Waals surface area contributed by atoms with Crippen LogP contribution < -0.4 is 4.90 Å². The molecule has 0 unspecified atom stereocenters. The van der Waals surface area contributed by atoms with E-state index in [0.717, 1.165) is 16.8 Å². The van der Waals surface area contributed by atoms with Gasteiger partial charge in [-0.3, -0.25) is 14.6 Å². The maximum Gasteiger partial charge on any atom is 0.255 e. The summed E-state index contributed by atoms with van der Waals surface area (Å²) < 4.78 is 0. The van der Waals surface area contributed by atoms with Crippen LogP contribution >= 0.6 is 11.6 Å². The molecule has 0 spiro atoms. The number of carbonyl (C=O) groups is 2. The third kappa shape index (κ3) is 3.38. The van der Waals surface area contributed by atoms with E-state index in [1.807, 2.05) is 37.3 Å². The van der Waals surface area contributed by atoms with E-state index in [1.165, 1.54) is 0 Å². The van der Waals surface area contributed by atoms with Crippen molar-refractivity contribution >= 4 is 40.0 Å². The number of pyridine rings is 1. The Morgan fingerprint density at radius 2 is 1.85 bits per heavy atom. The molecule has 1 aliphatic rings. The fraction of sp³-hybridized carbons (Fsp3) is 0.190. The van der Waals surface area contributed by atoms with Crippen LogP contribution in [0.2, 0.25) is 5.02 Å². The molecule has 1 aliphatic heterocycles. The van der Waals surface area contributed by atoms with Crippen LogP contribution in [0.3, 0.4) is 0 Å². The van der Waals surface area contributed by atoms with Crippen molar-refractivity contribution in [3.63, 3.8) is 0 Å². The number of rotatable bonds is 2. The zero-order valence-corrected chi connectivity index (χ0v) is 15.6. The molecular formula is C21H18ClN3O2. The highest BCUT2D eigenvalue weighted by atomic mass is 35.5. The average molecular weight is 380 g/mol. The first-order valence-electron chi connectivity index (χ1n) is 8.74. The van der Waals surface area contributed by atoms with E-state index in [0.29, 0.717) is 29.2 Å². The smallest absolute Gasteiger partial charge is 0.255 e. The van der Waals surface area contributed by atoms with Crippen molar-refractivity contribution < 1.29 is 9.59 Å². The van der Waals surface area contributed by atoms with Gasteiger partial charge in [-0.1, -0.05) is 35.9 Å². The van der Waals surface area contributed by atoms with Crippen LogP contribution in [-0.4, -0.2) is 41.3 Å². The molecule has 5 nitrogen and oxygen atoms in total. The van der Waals surface area contributed by atoms with E-state index in [1.54, 1.807) is 34.1 Å². The lowest BCUT2D eigenvalue weighted by atomic mass is 10.1. The predicted molar refractivity (Wildman–Crippen MR) is 106 cm³/mol. The molecule has 0 radical (unpaired) electrons. The van der Waals surface area contributed by atoms with Gasteiger partial charge in [0.05, 0.1) is 11.1 Å². The summed E-state index contributed by atoms with van der Waals surface area (Å²) in [6, 6.07) is 16.6. The number of piperazine rings is 1. The normalized spacial score (nSPS) is 14.7. The number of carbonyl (C=O) groups excluding carboxylic acids is 2. The van der Waals surface area contributed by atoms with Crippen molar-refractivity contribution in [1.29, 1.82) is 0 Å². The Bertz CT molecular complexity index is 1030. The molecule has 0 saturated carbocycles. The highest BCUT2D eigenvalue weighted by molar-refractivity contribution is 6.31. The van der Waals surface area contributed by atoms with Gasteiger partial charge in [-0.2, -0.15) is 0 Å². The van der Waals surface area contributed by atoms with Crippen LogP contribution in [0, 0.1) is 6.92 Å². The topological polar surface area (TPSA) is 53.5 Å². The summed E-state index contributed by atoms with van der Waals surface area (Å²) in [6.45, 7) is 2.86. The molecule has 2 heterocycles. The average Bonchev–Trinajstić information content (AvgIpc) is 2.67. The molecule has 1 saturated heterocycles. The van der Waals surface area contributed by atoms with Gasteiger partial charge >= 0.3 is 0 Å². The molecule has 6 heteroatoms. The zero-order chi connectivity index (χ0) is 19.0. The number of anilines is 1. The molecule has 27 heavy (non-hydrogen) atoms. The number of fused-ring (bicyclic) bond motifs is 1. The number of hydrogen-bond acceptors (Lipinski definition) is 3. The van der Waals surface area contributed by atoms with Crippen LogP contribution in [0.1, 0.15) is 16.1 Å². The molecule has 1 aromatic heterocycles. The van der Waals surface area contributed by atoms with E-state index < -0.39 is 0 Å². The molecule has 2 aromatic carbocycles. The summed E-state index contributed by atoms with van der Waals surface area (Å²) >= 11 is 6.06. The van der Waals surface area contributed by atoms with Gasteiger partial charge in [0.1, 0.15) is 6.54 Å². The van der Waals surface area contributed by atoms with Gasteiger partial charge < -0.3 is 9.80 Å². The van der Waals surface area contributed by atoms with E-state index >= 15 is 0 Å². The van der Waals surface area contributed by atoms with Crippen LogP contribution in [0.25, 0.3) is 10.9 Å². The Morgan fingerprint density at radius 3 is 2.59 bits per heavy atom. The van der Waals surface area contributed by atoms with Gasteiger partial charge in [-0.05, 0) is 37.3 Å². The van der Waals surface area contributed by atoms with Crippen molar-refractivity contribution in [2.45, 2.75) is 6.92 Å². The van der Waals surface area contributed by atoms with Gasteiger partial charge in [-0.25, -0.2) is 0 Å². The van der Waals surface area contributed by atoms with E-state index in [9.17, 15) is 9.59 Å². The highest BCUT2D eigenvalue weighted by Crippen LogP contribution is 2.24. The molecule has 2 amide bonds. The van der Waals surface area contributed by atoms with Gasteiger partial charge in [0.15, 0.2) is 0 Å². The Labute approximate surface area is 162 Å². The predicted octanol–water partition coefficient (Wildman–Crippen LogP) is 3.69. The third-order valence-electron chi connectivity index (χ3n) is 4.71. The Kier molecular flexibility index (Phi) is 4.54. The van der Waals surface area contributed by atoms with Crippen molar-refractivity contribution in [2.24, 2.45) is 0 Å². The number of halogens is 1. The minimum Gasteiger partial charge on any atom is -0.328 e. The standard InChI is InChI=1S/C21H18ClN3O2/c1-14-11-18(17-8-7-15(22)12-19(17)23-14)21(27)24-9-10-25(20(26)13-24)16-5-3-2-4-6-16/h2-8,11-12H,9-10,13H2,1H3. The summed E-state index contributed by atoms with van der Waals surface area (Å²) in [6.07, 6.45) is 0. The van der Waals surface area contributed by atoms with E-state index in [-0.39, 0.29) is 18.4 Å². The van der Waals surface area contributed by atoms with Crippen molar-refractivity contribution in [1.82, 2.24) is 9.88 Å². The third-order valence-corrected chi connectivity index (χ3v) is 4.94. The molecule has 0 N–H and O–H groups in total. The number of nitrogens with zero attached hydrogens (tertiary/aromatic N) is 3. The zero-order valence-electron chi connectivity index (χ0n) is 14.9. The number of benzene rings is 2. The molecule has 0 aliphatic carbocycles. The molecule has 0 atom stereocenters. The van der Waals surface area contributed by atoms with Crippen molar-refractivity contribution in [3.05, 3.63) is 70.9 Å². The second-order valence-corrected chi connectivity index (χ2v) is 7.02. The van der Waals surface area contributed by atoms with Crippen LogP contribution in [0.5, 0.6) is 0 Å². The maximum absolute atomic E-state index is 13.1. The minimum absolute atomic E-state index is 0.0597. The quantitative estimate of drug-likeness (QED) is 0.682. The summed E-state index contributed by atoms with van der Waals surface area (Å²) in [5.74, 6) is -0.243. The largest absolute Gasteiger partial charge is 0.328 e. The van der Waals surface area contributed by atoms with Crippen LogP contribution in [0.4, 0.5) is 5.69 Å². The number of amides is 2. The first-order valence-corrected chi connectivity index (χ1v) is 9.12. The molecule has 4 rings (SSSR count). The number of aryl methyl sites for hydroxylation is 1. The SMILES string of the molecule is Cc1cc(C(=O)N2CCN(c3ccccc3)C(=O)C2)c2ccc(Cl)cc2n1. The van der Waals surface area contributed by atoms with Crippen LogP contribution in [0.15, 0.2) is 54.6 Å². The van der Waals surface area contributed by atoms with E-state index in [4.69, 9.17) is 11.6 Å². The van der Waals surface area contributed by atoms with Crippen molar-refractivity contribution in [2.75, 3.05) is 24.5 Å². The summed E-state index contributed by atoms with van der Waals surface area (Å²) in [4.78, 5) is 33.5. The second kappa shape index (κ2) is 7.00. The number of hydrogen-bond donors (Lipinski definition) is 0. The Balaban J connectivity index is 1.61. The van der Waals surface area contributed by atoms with Gasteiger partial charge in [0, 0.05) is 34.9 Å². The Hall–Kier alpha value is -2.92. The lowest BCUT2D eigenvalue weighted by molar-refractivity contribution is -0.120. The monoisotopic (exact) mass is 379 g/mol. The highest BCUT2D eigenvalue weighted by Gasteiger charge is 2.29. The van der Waals surface area contributed by atoms with E-state index in [2.05, 4.69) is 4.98 Å². The minimum atomic E-state index is -0.158. The second-order valence-electron chi connectivity index (χ2n) is 6.58. The number of aromatic nitrogens is 1. The molecule has 3 aromatic rings. The Morgan fingerprint density at radius 1 is 1.07 bits per heavy atom. The lowest BCUT2D eigenvalue weighted by Gasteiger charge is -2.34. The molecule has 0 bridgehead atoms.